The Morgan fingerprint density at radius 2 is 1.03 bits per heavy atom. The van der Waals surface area contributed by atoms with Crippen molar-refractivity contribution >= 4 is 54.1 Å². The lowest BCUT2D eigenvalue weighted by Crippen LogP contribution is -2.26. The third-order valence-corrected chi connectivity index (χ3v) is 14.2. The molecule has 0 amide bonds. The fourth-order valence-corrected chi connectivity index (χ4v) is 11.6. The van der Waals surface area contributed by atoms with Crippen molar-refractivity contribution in [3.05, 3.63) is 234 Å². The maximum atomic E-state index is 5.09. The Hall–Kier alpha value is -8.14. The number of benzene rings is 10. The van der Waals surface area contributed by atoms with E-state index >= 15 is 0 Å². The summed E-state index contributed by atoms with van der Waals surface area (Å²) in [6.07, 6.45) is 3.79. The van der Waals surface area contributed by atoms with Gasteiger partial charge in [0, 0.05) is 33.8 Å². The summed E-state index contributed by atoms with van der Waals surface area (Å²) < 4.78 is 2.45. The quantitative estimate of drug-likeness (QED) is 0.167. The zero-order chi connectivity index (χ0) is 41.4. The van der Waals surface area contributed by atoms with Crippen molar-refractivity contribution in [1.82, 2.24) is 14.5 Å². The average Bonchev–Trinajstić information content (AvgIpc) is 3.93. The lowest BCUT2D eigenvalue weighted by molar-refractivity contribution is 0.785. The van der Waals surface area contributed by atoms with E-state index in [4.69, 9.17) is 9.97 Å². The van der Waals surface area contributed by atoms with Crippen LogP contribution in [0.4, 0.5) is 0 Å². The molecule has 2 aromatic heterocycles. The molecule has 0 radical (unpaired) electrons. The van der Waals surface area contributed by atoms with Crippen molar-refractivity contribution in [3.8, 4) is 50.3 Å². The first-order valence-electron chi connectivity index (χ1n) is 21.8. The number of aromatic nitrogens is 3. The molecule has 0 saturated carbocycles. The van der Waals surface area contributed by atoms with E-state index in [-0.39, 0.29) is 0 Å². The average molecular weight is 800 g/mol. The molecule has 2 heterocycles. The van der Waals surface area contributed by atoms with Crippen LogP contribution in [-0.2, 0) is 5.41 Å². The van der Waals surface area contributed by atoms with Gasteiger partial charge in [-0.25, -0.2) is 9.97 Å². The molecule has 3 heteroatoms. The van der Waals surface area contributed by atoms with Gasteiger partial charge in [-0.2, -0.15) is 0 Å². The van der Waals surface area contributed by atoms with Crippen molar-refractivity contribution in [1.29, 1.82) is 0 Å². The highest BCUT2D eigenvalue weighted by molar-refractivity contribution is 6.22. The Morgan fingerprint density at radius 1 is 0.413 bits per heavy atom. The number of para-hydroxylation sites is 1. The van der Waals surface area contributed by atoms with Gasteiger partial charge in [-0.1, -0.05) is 157 Å². The van der Waals surface area contributed by atoms with Gasteiger partial charge in [0.25, 0.3) is 0 Å². The van der Waals surface area contributed by atoms with E-state index in [1.165, 1.54) is 110 Å². The Bertz CT molecular complexity index is 3870. The standard InChI is InChI=1S/C60H37N3/c1-36-22-27-41(28-23-36)63-55-21-11-9-15-43(55)50-32-49-42-14-8-10-20-51(42)60(53(49)33-56(50)63)52-31-40(26-29-48(52)59-54(60)34-61-35-62-59)58-46-18-6-4-16-44(46)57(45-17-5-7-19-47(45)58)39-25-24-37-12-2-3-13-38(37)30-39/h2-35H,1H3. The highest BCUT2D eigenvalue weighted by atomic mass is 15.0. The molecule has 3 nitrogen and oxygen atoms in total. The molecule has 63 heavy (non-hydrogen) atoms. The number of aryl methyl sites for hydroxylation is 1. The number of rotatable bonds is 3. The largest absolute Gasteiger partial charge is 0.309 e. The number of fused-ring (bicyclic) bond motifs is 16. The summed E-state index contributed by atoms with van der Waals surface area (Å²) in [5.74, 6) is 0. The Balaban J connectivity index is 1.08. The predicted molar refractivity (Wildman–Crippen MR) is 261 cm³/mol. The van der Waals surface area contributed by atoms with E-state index in [2.05, 4.69) is 212 Å². The number of hydrogen-bond donors (Lipinski definition) is 0. The molecule has 0 aliphatic heterocycles. The van der Waals surface area contributed by atoms with Crippen LogP contribution in [0.15, 0.2) is 207 Å². The Labute approximate surface area is 364 Å². The van der Waals surface area contributed by atoms with Gasteiger partial charge >= 0.3 is 0 Å². The molecule has 14 rings (SSSR count). The molecular formula is C60H37N3. The van der Waals surface area contributed by atoms with Gasteiger partial charge in [-0.3, -0.25) is 0 Å². The zero-order valence-electron chi connectivity index (χ0n) is 34.5. The first-order chi connectivity index (χ1) is 31.2. The summed E-state index contributed by atoms with van der Waals surface area (Å²) in [5, 5.41) is 9.95. The maximum absolute atomic E-state index is 5.09. The summed E-state index contributed by atoms with van der Waals surface area (Å²) >= 11 is 0. The topological polar surface area (TPSA) is 30.7 Å². The minimum Gasteiger partial charge on any atom is -0.309 e. The fraction of sp³-hybridized carbons (Fsp3) is 0.0333. The van der Waals surface area contributed by atoms with Crippen LogP contribution in [0.1, 0.15) is 27.8 Å². The van der Waals surface area contributed by atoms with Gasteiger partial charge in [0.1, 0.15) is 6.33 Å². The van der Waals surface area contributed by atoms with Gasteiger partial charge in [0.2, 0.25) is 0 Å². The summed E-state index contributed by atoms with van der Waals surface area (Å²) in [6.45, 7) is 2.15. The molecule has 1 spiro atoms. The van der Waals surface area contributed by atoms with Crippen LogP contribution in [0, 0.1) is 6.92 Å². The molecule has 1 unspecified atom stereocenters. The third kappa shape index (κ3) is 4.58. The van der Waals surface area contributed by atoms with Crippen molar-refractivity contribution in [2.75, 3.05) is 0 Å². The second-order valence-electron chi connectivity index (χ2n) is 17.3. The molecule has 12 aromatic rings. The van der Waals surface area contributed by atoms with Crippen LogP contribution in [0.2, 0.25) is 0 Å². The molecule has 0 saturated heterocycles. The van der Waals surface area contributed by atoms with Crippen molar-refractivity contribution < 1.29 is 0 Å². The molecule has 2 aliphatic carbocycles. The van der Waals surface area contributed by atoms with Crippen LogP contribution < -0.4 is 0 Å². The minimum atomic E-state index is -0.646. The van der Waals surface area contributed by atoms with Gasteiger partial charge in [-0.05, 0) is 132 Å². The summed E-state index contributed by atoms with van der Waals surface area (Å²) in [6, 6.07) is 72.4. The minimum absolute atomic E-state index is 0.646. The van der Waals surface area contributed by atoms with Crippen LogP contribution in [-0.4, -0.2) is 14.5 Å². The molecule has 0 fully saturated rings. The molecule has 10 aromatic carbocycles. The third-order valence-electron chi connectivity index (χ3n) is 14.2. The number of hydrogen-bond acceptors (Lipinski definition) is 2. The first kappa shape index (κ1) is 34.6. The van der Waals surface area contributed by atoms with Crippen LogP contribution >= 0.6 is 0 Å². The van der Waals surface area contributed by atoms with Crippen molar-refractivity contribution in [3.63, 3.8) is 0 Å². The predicted octanol–water partition coefficient (Wildman–Crippen LogP) is 15.0. The summed E-state index contributed by atoms with van der Waals surface area (Å²) in [7, 11) is 0. The normalized spacial score (nSPS) is 14.8. The van der Waals surface area contributed by atoms with Crippen molar-refractivity contribution in [2.24, 2.45) is 0 Å². The first-order valence-corrected chi connectivity index (χ1v) is 21.8. The summed E-state index contributed by atoms with van der Waals surface area (Å²) in [4.78, 5) is 9.87. The van der Waals surface area contributed by atoms with Gasteiger partial charge in [0.15, 0.2) is 0 Å². The number of nitrogens with zero attached hydrogens (tertiary/aromatic N) is 3. The second-order valence-corrected chi connectivity index (χ2v) is 17.3. The van der Waals surface area contributed by atoms with E-state index in [0.717, 1.165) is 22.5 Å². The van der Waals surface area contributed by atoms with Crippen molar-refractivity contribution in [2.45, 2.75) is 12.3 Å². The van der Waals surface area contributed by atoms with E-state index in [0.29, 0.717) is 0 Å². The molecule has 1 atom stereocenters. The van der Waals surface area contributed by atoms with Gasteiger partial charge < -0.3 is 4.57 Å². The van der Waals surface area contributed by atoms with Crippen LogP contribution in [0.25, 0.3) is 104 Å². The highest BCUT2D eigenvalue weighted by Crippen LogP contribution is 2.63. The monoisotopic (exact) mass is 799 g/mol. The highest BCUT2D eigenvalue weighted by Gasteiger charge is 2.53. The smallest absolute Gasteiger partial charge is 0.116 e. The lowest BCUT2D eigenvalue weighted by Gasteiger charge is -2.30. The molecule has 292 valence electrons. The van der Waals surface area contributed by atoms with Crippen LogP contribution in [0.5, 0.6) is 0 Å². The molecule has 0 N–H and O–H groups in total. The summed E-state index contributed by atoms with van der Waals surface area (Å²) in [5.41, 5.74) is 18.6. The Morgan fingerprint density at radius 3 is 1.79 bits per heavy atom. The second kappa shape index (κ2) is 12.7. The van der Waals surface area contributed by atoms with E-state index in [1.54, 1.807) is 6.33 Å². The maximum Gasteiger partial charge on any atom is 0.116 e. The van der Waals surface area contributed by atoms with E-state index < -0.39 is 5.41 Å². The molecule has 0 bridgehead atoms. The molecular weight excluding hydrogens is 763 g/mol. The van der Waals surface area contributed by atoms with Crippen LogP contribution in [0.3, 0.4) is 0 Å². The zero-order valence-corrected chi connectivity index (χ0v) is 34.5. The van der Waals surface area contributed by atoms with Gasteiger partial charge in [-0.15, -0.1) is 0 Å². The lowest BCUT2D eigenvalue weighted by atomic mass is 9.70. The van der Waals surface area contributed by atoms with E-state index in [1.807, 2.05) is 0 Å². The Kier molecular flexibility index (Phi) is 6.97. The SMILES string of the molecule is Cc1ccc(-n2c3ccccc3c3cc4c(cc32)C2(c3ccccc3-4)c3cc(-c4c5ccccc5c(-c5ccc6ccccc6c5)c5ccccc45)ccc3-c3ncncc32)cc1. The van der Waals surface area contributed by atoms with Gasteiger partial charge in [0.05, 0.1) is 22.1 Å². The van der Waals surface area contributed by atoms with E-state index in [9.17, 15) is 0 Å². The molecule has 2 aliphatic rings. The fourth-order valence-electron chi connectivity index (χ4n) is 11.6.